The van der Waals surface area contributed by atoms with Crippen molar-refractivity contribution in [2.45, 2.75) is 12.8 Å². The summed E-state index contributed by atoms with van der Waals surface area (Å²) in [5, 5.41) is 0. The number of fused-ring (bicyclic) bond motifs is 1. The van der Waals surface area contributed by atoms with Crippen LogP contribution >= 0.6 is 0 Å². The van der Waals surface area contributed by atoms with Crippen LogP contribution in [0.15, 0.2) is 18.2 Å². The quantitative estimate of drug-likeness (QED) is 0.703. The molecule has 0 saturated heterocycles. The van der Waals surface area contributed by atoms with Crippen LogP contribution in [0.4, 0.5) is 0 Å². The van der Waals surface area contributed by atoms with E-state index in [1.807, 2.05) is 12.1 Å². The van der Waals surface area contributed by atoms with Crippen molar-refractivity contribution in [3.8, 4) is 5.75 Å². The Kier molecular flexibility index (Phi) is 2.54. The summed E-state index contributed by atoms with van der Waals surface area (Å²) in [6.07, 6.45) is 1.80. The highest BCUT2D eigenvalue weighted by molar-refractivity contribution is 6.03. The fraction of sp³-hybridized carbons (Fsp3) is 0.333. The average molecular weight is 204 g/mol. The zero-order chi connectivity index (χ0) is 10.8. The number of hydrogen-bond donors (Lipinski definition) is 0. The Hall–Kier alpha value is -1.64. The van der Waals surface area contributed by atoms with Crippen molar-refractivity contribution >= 4 is 12.1 Å². The molecule has 0 saturated carbocycles. The maximum atomic E-state index is 11.8. The first-order chi connectivity index (χ1) is 7.26. The molecule has 0 bridgehead atoms. The number of benzene rings is 1. The van der Waals surface area contributed by atoms with Crippen molar-refractivity contribution in [3.63, 3.8) is 0 Å². The molecule has 1 aliphatic carbocycles. The minimum absolute atomic E-state index is 0.0657. The van der Waals surface area contributed by atoms with Crippen LogP contribution in [-0.4, -0.2) is 19.2 Å². The van der Waals surface area contributed by atoms with Crippen molar-refractivity contribution < 1.29 is 14.3 Å². The van der Waals surface area contributed by atoms with E-state index in [0.29, 0.717) is 24.2 Å². The second-order valence-corrected chi connectivity index (χ2v) is 3.69. The highest BCUT2D eigenvalue weighted by Crippen LogP contribution is 2.30. The molecule has 1 aromatic carbocycles. The minimum Gasteiger partial charge on any atom is -0.497 e. The standard InChI is InChI=1S/C12H12O3/c1-15-10-3-2-8-6-9(4-5-13)12(14)11(8)7-10/h2-3,5,7,9H,4,6H2,1H3/t9-/m1/s1. The summed E-state index contributed by atoms with van der Waals surface area (Å²) >= 11 is 0. The molecule has 0 aliphatic heterocycles. The first kappa shape index (κ1) is 9.90. The lowest BCUT2D eigenvalue weighted by Gasteiger charge is -2.01. The summed E-state index contributed by atoms with van der Waals surface area (Å²) in [7, 11) is 1.57. The Morgan fingerprint density at radius 1 is 1.53 bits per heavy atom. The summed E-state index contributed by atoms with van der Waals surface area (Å²) in [6, 6.07) is 5.49. The van der Waals surface area contributed by atoms with Gasteiger partial charge in [-0.15, -0.1) is 0 Å². The molecule has 0 radical (unpaired) electrons. The van der Waals surface area contributed by atoms with Crippen molar-refractivity contribution in [1.82, 2.24) is 0 Å². The van der Waals surface area contributed by atoms with Gasteiger partial charge in [0.1, 0.15) is 12.0 Å². The van der Waals surface area contributed by atoms with Crippen molar-refractivity contribution in [1.29, 1.82) is 0 Å². The lowest BCUT2D eigenvalue weighted by atomic mass is 10.0. The van der Waals surface area contributed by atoms with Gasteiger partial charge in [0, 0.05) is 17.9 Å². The maximum Gasteiger partial charge on any atom is 0.167 e. The van der Waals surface area contributed by atoms with Crippen LogP contribution in [0.3, 0.4) is 0 Å². The van der Waals surface area contributed by atoms with Gasteiger partial charge in [-0.25, -0.2) is 0 Å². The zero-order valence-electron chi connectivity index (χ0n) is 8.53. The van der Waals surface area contributed by atoms with E-state index in [1.54, 1.807) is 13.2 Å². The second-order valence-electron chi connectivity index (χ2n) is 3.69. The summed E-state index contributed by atoms with van der Waals surface area (Å²) in [4.78, 5) is 22.2. The number of ether oxygens (including phenoxy) is 1. The van der Waals surface area contributed by atoms with Crippen molar-refractivity contribution in [3.05, 3.63) is 29.3 Å². The van der Waals surface area contributed by atoms with Gasteiger partial charge in [-0.3, -0.25) is 4.79 Å². The molecule has 1 aliphatic rings. The van der Waals surface area contributed by atoms with Gasteiger partial charge in [-0.2, -0.15) is 0 Å². The molecule has 3 nitrogen and oxygen atoms in total. The zero-order valence-corrected chi connectivity index (χ0v) is 8.53. The number of carbonyl (C=O) groups is 2. The molecule has 0 N–H and O–H groups in total. The molecule has 0 unspecified atom stereocenters. The number of Topliss-reactive ketones (excluding diaryl/α,β-unsaturated/α-hetero) is 1. The third-order valence-electron chi connectivity index (χ3n) is 2.80. The summed E-state index contributed by atoms with van der Waals surface area (Å²) < 4.78 is 5.06. The molecule has 0 amide bonds. The molecule has 0 heterocycles. The van der Waals surface area contributed by atoms with Crippen LogP contribution in [0.25, 0.3) is 0 Å². The van der Waals surface area contributed by atoms with Crippen LogP contribution in [-0.2, 0) is 11.2 Å². The molecule has 3 heteroatoms. The molecular weight excluding hydrogens is 192 g/mol. The van der Waals surface area contributed by atoms with Gasteiger partial charge in [-0.05, 0) is 24.1 Å². The maximum absolute atomic E-state index is 11.8. The third kappa shape index (κ3) is 1.65. The predicted molar refractivity (Wildman–Crippen MR) is 55.2 cm³/mol. The number of carbonyl (C=O) groups excluding carboxylic acids is 2. The number of hydrogen-bond acceptors (Lipinski definition) is 3. The molecule has 1 aromatic rings. The molecule has 15 heavy (non-hydrogen) atoms. The Morgan fingerprint density at radius 3 is 3.00 bits per heavy atom. The van der Waals surface area contributed by atoms with Gasteiger partial charge in [0.25, 0.3) is 0 Å². The second kappa shape index (κ2) is 3.85. The fourth-order valence-corrected chi connectivity index (χ4v) is 1.97. The van der Waals surface area contributed by atoms with E-state index >= 15 is 0 Å². The molecule has 1 atom stereocenters. The number of methoxy groups -OCH3 is 1. The Labute approximate surface area is 88.1 Å². The normalized spacial score (nSPS) is 18.7. The van der Waals surface area contributed by atoms with Crippen molar-refractivity contribution in [2.75, 3.05) is 7.11 Å². The average Bonchev–Trinajstić information content (AvgIpc) is 2.56. The lowest BCUT2D eigenvalue weighted by molar-refractivity contribution is -0.108. The SMILES string of the molecule is COc1ccc2c(c1)C(=O)[C@H](CC=O)C2. The van der Waals surface area contributed by atoms with Gasteiger partial charge in [0.2, 0.25) is 0 Å². The molecule has 0 spiro atoms. The molecule has 0 fully saturated rings. The highest BCUT2D eigenvalue weighted by Gasteiger charge is 2.30. The van der Waals surface area contributed by atoms with Gasteiger partial charge in [0.15, 0.2) is 5.78 Å². The van der Waals surface area contributed by atoms with Gasteiger partial charge < -0.3 is 9.53 Å². The van der Waals surface area contributed by atoms with Crippen LogP contribution in [0, 0.1) is 5.92 Å². The highest BCUT2D eigenvalue weighted by atomic mass is 16.5. The monoisotopic (exact) mass is 204 g/mol. The largest absolute Gasteiger partial charge is 0.497 e. The van der Waals surface area contributed by atoms with E-state index in [1.165, 1.54) is 0 Å². The third-order valence-corrected chi connectivity index (χ3v) is 2.80. The summed E-state index contributed by atoms with van der Waals surface area (Å²) in [5.74, 6) is 0.592. The summed E-state index contributed by atoms with van der Waals surface area (Å²) in [6.45, 7) is 0. The Balaban J connectivity index is 2.33. The smallest absolute Gasteiger partial charge is 0.167 e. The van der Waals surface area contributed by atoms with E-state index in [-0.39, 0.29) is 11.7 Å². The number of aldehydes is 1. The molecule has 2 rings (SSSR count). The summed E-state index contributed by atoms with van der Waals surface area (Å²) in [5.41, 5.74) is 1.73. The Bertz CT molecular complexity index is 409. The van der Waals surface area contributed by atoms with Gasteiger partial charge >= 0.3 is 0 Å². The van der Waals surface area contributed by atoms with Crippen LogP contribution in [0.2, 0.25) is 0 Å². The predicted octanol–water partition coefficient (Wildman–Crippen LogP) is 1.64. The molecule has 78 valence electrons. The Morgan fingerprint density at radius 2 is 2.33 bits per heavy atom. The van der Waals surface area contributed by atoms with Crippen LogP contribution in [0.5, 0.6) is 5.75 Å². The fourth-order valence-electron chi connectivity index (χ4n) is 1.97. The van der Waals surface area contributed by atoms with E-state index in [9.17, 15) is 9.59 Å². The van der Waals surface area contributed by atoms with Crippen LogP contribution < -0.4 is 4.74 Å². The number of ketones is 1. The van der Waals surface area contributed by atoms with Crippen molar-refractivity contribution in [2.24, 2.45) is 5.92 Å². The first-order valence-electron chi connectivity index (χ1n) is 4.91. The molecular formula is C12H12O3. The lowest BCUT2D eigenvalue weighted by Crippen LogP contribution is -2.09. The van der Waals surface area contributed by atoms with Gasteiger partial charge in [0.05, 0.1) is 7.11 Å². The van der Waals surface area contributed by atoms with Gasteiger partial charge in [-0.1, -0.05) is 6.07 Å². The topological polar surface area (TPSA) is 43.4 Å². The first-order valence-corrected chi connectivity index (χ1v) is 4.91. The van der Waals surface area contributed by atoms with E-state index in [2.05, 4.69) is 0 Å². The van der Waals surface area contributed by atoms with Crippen LogP contribution in [0.1, 0.15) is 22.3 Å². The molecule has 0 aromatic heterocycles. The van der Waals surface area contributed by atoms with E-state index < -0.39 is 0 Å². The number of rotatable bonds is 3. The minimum atomic E-state index is -0.162. The van der Waals surface area contributed by atoms with E-state index in [0.717, 1.165) is 11.8 Å². The van der Waals surface area contributed by atoms with E-state index in [4.69, 9.17) is 4.74 Å².